The fourth-order valence-electron chi connectivity index (χ4n) is 3.52. The summed E-state index contributed by atoms with van der Waals surface area (Å²) in [5.74, 6) is -3.01. The second-order valence-corrected chi connectivity index (χ2v) is 9.22. The minimum absolute atomic E-state index is 0.101. The average Bonchev–Trinajstić information content (AvgIpc) is 3.51. The summed E-state index contributed by atoms with van der Waals surface area (Å²) in [6.45, 7) is 0. The molecule has 34 heavy (non-hydrogen) atoms. The molecule has 0 unspecified atom stereocenters. The van der Waals surface area contributed by atoms with E-state index in [4.69, 9.17) is 11.6 Å². The Labute approximate surface area is 194 Å². The second kappa shape index (κ2) is 7.88. The Kier molecular flexibility index (Phi) is 5.10. The number of nitrogens with zero attached hydrogens (tertiary/aromatic N) is 4. The predicted molar refractivity (Wildman–Crippen MR) is 118 cm³/mol. The van der Waals surface area contributed by atoms with Crippen molar-refractivity contribution in [3.63, 3.8) is 0 Å². The van der Waals surface area contributed by atoms with Gasteiger partial charge in [-0.25, -0.2) is 26.6 Å². The SMILES string of the molecule is Cn1cc(S(=O)(=O)Nc2ccc(F)c(-c3ccc4c(-c5ncc[nH]5)n[nH]c4c3F)c2F)c(Cl)n1. The van der Waals surface area contributed by atoms with Gasteiger partial charge >= 0.3 is 0 Å². The lowest BCUT2D eigenvalue weighted by Crippen LogP contribution is -2.14. The monoisotopic (exact) mass is 507 g/mol. The van der Waals surface area contributed by atoms with Crippen molar-refractivity contribution in [1.82, 2.24) is 29.9 Å². The van der Waals surface area contributed by atoms with Crippen molar-refractivity contribution in [2.75, 3.05) is 4.72 Å². The van der Waals surface area contributed by atoms with Gasteiger partial charge in [0.2, 0.25) is 0 Å². The molecule has 0 atom stereocenters. The summed E-state index contributed by atoms with van der Waals surface area (Å²) in [6, 6.07) is 4.32. The van der Waals surface area contributed by atoms with Crippen LogP contribution in [0.3, 0.4) is 0 Å². The molecule has 14 heteroatoms. The van der Waals surface area contributed by atoms with Crippen molar-refractivity contribution in [2.24, 2.45) is 7.05 Å². The summed E-state index contributed by atoms with van der Waals surface area (Å²) in [4.78, 5) is 6.51. The molecule has 2 aromatic carbocycles. The second-order valence-electron chi connectivity index (χ2n) is 7.21. The minimum atomic E-state index is -4.37. The highest BCUT2D eigenvalue weighted by atomic mass is 35.5. The number of imidazole rings is 1. The first-order valence-corrected chi connectivity index (χ1v) is 11.4. The highest BCUT2D eigenvalue weighted by Gasteiger charge is 2.26. The highest BCUT2D eigenvalue weighted by Crippen LogP contribution is 2.37. The Morgan fingerprint density at radius 1 is 1.12 bits per heavy atom. The highest BCUT2D eigenvalue weighted by molar-refractivity contribution is 7.92. The summed E-state index contributed by atoms with van der Waals surface area (Å²) in [5.41, 5.74) is -1.57. The normalized spacial score (nSPS) is 11.9. The van der Waals surface area contributed by atoms with E-state index >= 15 is 8.78 Å². The Bertz CT molecular complexity index is 1660. The van der Waals surface area contributed by atoms with Gasteiger partial charge in [0.15, 0.2) is 22.6 Å². The Balaban J connectivity index is 1.61. The lowest BCUT2D eigenvalue weighted by molar-refractivity contribution is 0.583. The van der Waals surface area contributed by atoms with E-state index in [1.165, 1.54) is 25.4 Å². The van der Waals surface area contributed by atoms with Gasteiger partial charge in [-0.05, 0) is 18.2 Å². The standard InChI is InChI=1S/C20H13ClF3N7O2S/c1-31-8-13(19(21)29-31)34(32,33)30-12-5-4-11(22)14(16(12)24)9-2-3-10-17(15(9)23)27-28-18(10)20-25-6-7-26-20/h2-8,30H,1H3,(H,25,26)(H,27,28). The van der Waals surface area contributed by atoms with Crippen LogP contribution in [0.15, 0.2) is 47.8 Å². The fraction of sp³-hybridized carbons (Fsp3) is 0.0500. The number of aryl methyl sites for hydroxylation is 1. The van der Waals surface area contributed by atoms with Gasteiger partial charge in [-0.2, -0.15) is 10.2 Å². The minimum Gasteiger partial charge on any atom is -0.343 e. The smallest absolute Gasteiger partial charge is 0.266 e. The first kappa shape index (κ1) is 22.0. The third-order valence-electron chi connectivity index (χ3n) is 5.05. The van der Waals surface area contributed by atoms with Crippen molar-refractivity contribution < 1.29 is 21.6 Å². The number of H-pyrrole nitrogens is 2. The quantitative estimate of drug-likeness (QED) is 0.329. The largest absolute Gasteiger partial charge is 0.343 e. The summed E-state index contributed by atoms with van der Waals surface area (Å²) in [7, 11) is -2.92. The van der Waals surface area contributed by atoms with Crippen LogP contribution in [0.25, 0.3) is 33.5 Å². The van der Waals surface area contributed by atoms with Gasteiger partial charge in [0.1, 0.15) is 21.9 Å². The van der Waals surface area contributed by atoms with Gasteiger partial charge in [-0.15, -0.1) is 0 Å². The van der Waals surface area contributed by atoms with Crippen LogP contribution < -0.4 is 4.72 Å². The molecule has 0 saturated heterocycles. The molecular weight excluding hydrogens is 495 g/mol. The third kappa shape index (κ3) is 3.49. The number of benzene rings is 2. The molecule has 0 aliphatic heterocycles. The van der Waals surface area contributed by atoms with Crippen LogP contribution in [-0.2, 0) is 17.1 Å². The van der Waals surface area contributed by atoms with E-state index in [9.17, 15) is 12.8 Å². The maximum Gasteiger partial charge on any atom is 0.266 e. The zero-order valence-corrected chi connectivity index (χ0v) is 18.6. The maximum atomic E-state index is 15.4. The molecule has 0 bridgehead atoms. The van der Waals surface area contributed by atoms with E-state index < -0.39 is 49.2 Å². The summed E-state index contributed by atoms with van der Waals surface area (Å²) in [6.07, 6.45) is 4.18. The van der Waals surface area contributed by atoms with Crippen molar-refractivity contribution in [3.8, 4) is 22.6 Å². The number of hydrogen-bond acceptors (Lipinski definition) is 5. The molecule has 3 heterocycles. The van der Waals surface area contributed by atoms with E-state index in [0.717, 1.165) is 23.0 Å². The van der Waals surface area contributed by atoms with Gasteiger partial charge in [-0.1, -0.05) is 17.7 Å². The number of rotatable bonds is 5. The third-order valence-corrected chi connectivity index (χ3v) is 6.80. The molecule has 0 saturated carbocycles. The van der Waals surface area contributed by atoms with Crippen LogP contribution in [-0.4, -0.2) is 38.4 Å². The zero-order chi connectivity index (χ0) is 24.2. The summed E-state index contributed by atoms with van der Waals surface area (Å²) < 4.78 is 73.9. The first-order chi connectivity index (χ1) is 16.2. The molecule has 174 valence electrons. The molecule has 0 amide bonds. The van der Waals surface area contributed by atoms with Gasteiger partial charge < -0.3 is 4.98 Å². The average molecular weight is 508 g/mol. The lowest BCUT2D eigenvalue weighted by atomic mass is 10.0. The number of halogens is 4. The molecule has 5 rings (SSSR count). The summed E-state index contributed by atoms with van der Waals surface area (Å²) >= 11 is 5.83. The van der Waals surface area contributed by atoms with Crippen molar-refractivity contribution >= 4 is 38.2 Å². The summed E-state index contributed by atoms with van der Waals surface area (Å²) in [5, 5.41) is 10.3. The molecule has 0 aliphatic carbocycles. The van der Waals surface area contributed by atoms with Crippen molar-refractivity contribution in [3.05, 3.63) is 65.5 Å². The molecule has 5 aromatic rings. The van der Waals surface area contributed by atoms with Gasteiger partial charge in [0, 0.05) is 36.6 Å². The number of sulfonamides is 1. The lowest BCUT2D eigenvalue weighted by Gasteiger charge is -2.13. The van der Waals surface area contributed by atoms with E-state index in [0.29, 0.717) is 16.9 Å². The Hall–Kier alpha value is -3.84. The van der Waals surface area contributed by atoms with E-state index in [-0.39, 0.29) is 10.7 Å². The van der Waals surface area contributed by atoms with Crippen molar-refractivity contribution in [2.45, 2.75) is 4.90 Å². The molecule has 9 nitrogen and oxygen atoms in total. The molecule has 0 fully saturated rings. The van der Waals surface area contributed by atoms with E-state index in [1.807, 2.05) is 4.72 Å². The molecule has 0 spiro atoms. The first-order valence-electron chi connectivity index (χ1n) is 9.54. The molecule has 0 aliphatic rings. The topological polar surface area (TPSA) is 121 Å². The Morgan fingerprint density at radius 3 is 2.59 bits per heavy atom. The fourth-order valence-corrected chi connectivity index (χ4v) is 5.10. The van der Waals surface area contributed by atoms with Crippen LogP contribution >= 0.6 is 11.6 Å². The number of aromatic nitrogens is 6. The molecule has 0 radical (unpaired) electrons. The Morgan fingerprint density at radius 2 is 1.91 bits per heavy atom. The van der Waals surface area contributed by atoms with Crippen molar-refractivity contribution in [1.29, 1.82) is 0 Å². The number of aromatic amines is 2. The molecular formula is C20H13ClF3N7O2S. The van der Waals surface area contributed by atoms with Crippen LogP contribution in [0.5, 0.6) is 0 Å². The number of nitrogens with one attached hydrogen (secondary N) is 3. The van der Waals surface area contributed by atoms with Crippen LogP contribution in [0.1, 0.15) is 0 Å². The molecule has 3 aromatic heterocycles. The number of fused-ring (bicyclic) bond motifs is 1. The van der Waals surface area contributed by atoms with Crippen LogP contribution in [0.2, 0.25) is 5.15 Å². The molecule has 3 N–H and O–H groups in total. The van der Waals surface area contributed by atoms with E-state index in [2.05, 4.69) is 25.3 Å². The predicted octanol–water partition coefficient (Wildman–Crippen LogP) is 4.23. The van der Waals surface area contributed by atoms with Gasteiger partial charge in [0.05, 0.1) is 11.3 Å². The zero-order valence-electron chi connectivity index (χ0n) is 17.1. The number of hydrogen-bond donors (Lipinski definition) is 3. The van der Waals surface area contributed by atoms with Crippen LogP contribution in [0.4, 0.5) is 18.9 Å². The van der Waals surface area contributed by atoms with Gasteiger partial charge in [-0.3, -0.25) is 14.5 Å². The van der Waals surface area contributed by atoms with E-state index in [1.54, 1.807) is 6.20 Å². The number of anilines is 1. The van der Waals surface area contributed by atoms with Gasteiger partial charge in [0.25, 0.3) is 10.0 Å². The maximum absolute atomic E-state index is 15.4. The van der Waals surface area contributed by atoms with Crippen LogP contribution in [0, 0.1) is 17.5 Å².